The molecule has 2 atom stereocenters. The van der Waals surface area contributed by atoms with Gasteiger partial charge in [0.1, 0.15) is 5.82 Å². The van der Waals surface area contributed by atoms with Gasteiger partial charge in [0.15, 0.2) is 0 Å². The minimum atomic E-state index is -0.275. The number of allylic oxidation sites excluding steroid dienone is 1. The Morgan fingerprint density at radius 1 is 1.03 bits per heavy atom. The molecular formula is C26H28FN5. The summed E-state index contributed by atoms with van der Waals surface area (Å²) in [5.74, 6) is 1.75. The van der Waals surface area contributed by atoms with E-state index < -0.39 is 0 Å². The summed E-state index contributed by atoms with van der Waals surface area (Å²) in [5.41, 5.74) is 4.00. The van der Waals surface area contributed by atoms with Gasteiger partial charge in [-0.15, -0.1) is 0 Å². The van der Waals surface area contributed by atoms with Crippen molar-refractivity contribution in [1.82, 2.24) is 10.2 Å². The van der Waals surface area contributed by atoms with Crippen LogP contribution in [0, 0.1) is 29.0 Å². The Balaban J connectivity index is 1.73. The largest absolute Gasteiger partial charge is 0.341 e. The molecule has 0 aliphatic carbocycles. The third-order valence-corrected chi connectivity index (χ3v) is 6.58. The van der Waals surface area contributed by atoms with Crippen LogP contribution >= 0.6 is 0 Å². The molecule has 0 bridgehead atoms. The fourth-order valence-corrected chi connectivity index (χ4v) is 4.63. The summed E-state index contributed by atoms with van der Waals surface area (Å²) in [7, 11) is 0. The number of nitriles is 1. The van der Waals surface area contributed by atoms with Gasteiger partial charge in [-0.3, -0.25) is 0 Å². The number of hydrogen-bond donors (Lipinski definition) is 1. The molecule has 32 heavy (non-hydrogen) atoms. The van der Waals surface area contributed by atoms with E-state index in [-0.39, 0.29) is 5.82 Å². The number of halogens is 1. The average molecular weight is 430 g/mol. The molecule has 1 N–H and O–H groups in total. The minimum Gasteiger partial charge on any atom is -0.341 e. The molecule has 6 heteroatoms. The lowest BCUT2D eigenvalue weighted by atomic mass is 9.92. The van der Waals surface area contributed by atoms with E-state index in [0.717, 1.165) is 61.4 Å². The predicted octanol–water partition coefficient (Wildman–Crippen LogP) is 4.57. The zero-order valence-electron chi connectivity index (χ0n) is 18.4. The summed E-state index contributed by atoms with van der Waals surface area (Å²) in [6.07, 6.45) is 2.22. The van der Waals surface area contributed by atoms with Crippen molar-refractivity contribution in [2.75, 3.05) is 26.2 Å². The lowest BCUT2D eigenvalue weighted by Gasteiger charge is -2.22. The second-order valence-electron chi connectivity index (χ2n) is 8.48. The molecule has 2 heterocycles. The number of guanidine groups is 1. The Hall–Kier alpha value is -3.30. The van der Waals surface area contributed by atoms with Gasteiger partial charge in [0.05, 0.1) is 17.3 Å². The summed E-state index contributed by atoms with van der Waals surface area (Å²) in [4.78, 5) is 11.5. The van der Waals surface area contributed by atoms with Crippen LogP contribution in [0.3, 0.4) is 0 Å². The monoisotopic (exact) mass is 429 g/mol. The molecule has 0 amide bonds. The van der Waals surface area contributed by atoms with Crippen molar-refractivity contribution in [2.45, 2.75) is 19.8 Å². The molecule has 2 aromatic rings. The van der Waals surface area contributed by atoms with Crippen LogP contribution in [-0.4, -0.2) is 43.8 Å². The van der Waals surface area contributed by atoms with Crippen molar-refractivity contribution in [3.63, 3.8) is 0 Å². The molecule has 5 nitrogen and oxygen atoms in total. The van der Waals surface area contributed by atoms with Gasteiger partial charge < -0.3 is 10.2 Å². The number of fused-ring (bicyclic) bond motifs is 1. The van der Waals surface area contributed by atoms with Crippen LogP contribution in [0.4, 0.5) is 4.39 Å². The quantitative estimate of drug-likeness (QED) is 0.442. The molecule has 2 aromatic carbocycles. The fourth-order valence-electron chi connectivity index (χ4n) is 4.63. The number of benzene rings is 2. The number of hydrogen-bond acceptors (Lipinski definition) is 3. The molecule has 2 aliphatic heterocycles. The van der Waals surface area contributed by atoms with Crippen LogP contribution in [0.15, 0.2) is 58.5 Å². The van der Waals surface area contributed by atoms with Gasteiger partial charge in [0.2, 0.25) is 5.96 Å². The highest BCUT2D eigenvalue weighted by Gasteiger charge is 2.31. The van der Waals surface area contributed by atoms with Crippen LogP contribution in [0.1, 0.15) is 36.5 Å². The topological polar surface area (TPSA) is 63.8 Å². The van der Waals surface area contributed by atoms with E-state index in [1.807, 2.05) is 19.1 Å². The minimum absolute atomic E-state index is 0.275. The Morgan fingerprint density at radius 2 is 1.62 bits per heavy atom. The van der Waals surface area contributed by atoms with E-state index in [0.29, 0.717) is 23.4 Å². The molecule has 164 valence electrons. The molecule has 2 fully saturated rings. The highest BCUT2D eigenvalue weighted by Crippen LogP contribution is 2.30. The van der Waals surface area contributed by atoms with Crippen molar-refractivity contribution >= 4 is 23.9 Å². The molecule has 0 aromatic heterocycles. The summed E-state index contributed by atoms with van der Waals surface area (Å²) in [5, 5.41) is 12.7. The summed E-state index contributed by atoms with van der Waals surface area (Å²) >= 11 is 0. The van der Waals surface area contributed by atoms with Gasteiger partial charge >= 0.3 is 0 Å². The highest BCUT2D eigenvalue weighted by atomic mass is 19.1. The van der Waals surface area contributed by atoms with Crippen molar-refractivity contribution in [1.29, 1.82) is 5.26 Å². The van der Waals surface area contributed by atoms with Crippen LogP contribution in [0.5, 0.6) is 0 Å². The van der Waals surface area contributed by atoms with Crippen LogP contribution < -0.4 is 5.32 Å². The van der Waals surface area contributed by atoms with E-state index in [1.165, 1.54) is 12.1 Å². The zero-order chi connectivity index (χ0) is 22.5. The molecule has 0 spiro atoms. The first-order chi connectivity index (χ1) is 15.6. The molecule has 0 radical (unpaired) electrons. The first-order valence-electron chi connectivity index (χ1n) is 11.1. The van der Waals surface area contributed by atoms with Gasteiger partial charge in [0, 0.05) is 18.7 Å². The Kier molecular flexibility index (Phi) is 6.77. The number of likely N-dealkylation sites (tertiary alicyclic amines) is 1. The van der Waals surface area contributed by atoms with Gasteiger partial charge in [-0.05, 0) is 86.8 Å². The molecule has 0 unspecified atom stereocenters. The third-order valence-electron chi connectivity index (χ3n) is 6.58. The zero-order valence-corrected chi connectivity index (χ0v) is 18.4. The molecular weight excluding hydrogens is 401 g/mol. The van der Waals surface area contributed by atoms with Gasteiger partial charge in [-0.2, -0.15) is 5.26 Å². The van der Waals surface area contributed by atoms with Crippen LogP contribution in [0.2, 0.25) is 0 Å². The number of rotatable bonds is 3. The van der Waals surface area contributed by atoms with Gasteiger partial charge in [-0.25, -0.2) is 14.4 Å². The van der Waals surface area contributed by atoms with Crippen molar-refractivity contribution in [2.24, 2.45) is 21.8 Å². The third kappa shape index (κ3) is 4.79. The summed E-state index contributed by atoms with van der Waals surface area (Å²) in [6.45, 7) is 9.76. The second kappa shape index (κ2) is 9.88. The Bertz CT molecular complexity index is 1050. The molecule has 4 rings (SSSR count). The maximum Gasteiger partial charge on any atom is 0.225 e. The highest BCUT2D eigenvalue weighted by molar-refractivity contribution is 5.96. The lowest BCUT2D eigenvalue weighted by molar-refractivity contribution is 0.409. The summed E-state index contributed by atoms with van der Waals surface area (Å²) < 4.78 is 13.5. The SMILES string of the molecule is C=N/C(=N\C(=C(/C)c1ccc(F)cc1)c1ccc(C#N)cc1)N1CC[C@@H]2CNC[C@@H]2CC1. The molecule has 2 aliphatic rings. The van der Waals surface area contributed by atoms with E-state index in [4.69, 9.17) is 10.3 Å². The summed E-state index contributed by atoms with van der Waals surface area (Å²) in [6, 6.07) is 15.9. The predicted molar refractivity (Wildman–Crippen MR) is 128 cm³/mol. The molecule has 2 saturated heterocycles. The van der Waals surface area contributed by atoms with Crippen molar-refractivity contribution in [3.8, 4) is 6.07 Å². The molecule has 0 saturated carbocycles. The van der Waals surface area contributed by atoms with Crippen LogP contribution in [-0.2, 0) is 0 Å². The standard InChI is InChI=1S/C26H28FN5/c1-18(20-7-9-24(27)10-8-20)25(21-5-3-19(15-28)4-6-21)31-26(29-2)32-13-11-22-16-30-17-23(22)12-14-32/h3-10,22-23,30H,2,11-14,16-17H2,1H3/b25-18+,31-26+/t22-,23+. The number of aliphatic imine (C=N–C) groups is 2. The second-order valence-corrected chi connectivity index (χ2v) is 8.48. The maximum atomic E-state index is 13.5. The Morgan fingerprint density at radius 3 is 2.19 bits per heavy atom. The van der Waals surface area contributed by atoms with Crippen molar-refractivity contribution < 1.29 is 4.39 Å². The van der Waals surface area contributed by atoms with Crippen molar-refractivity contribution in [3.05, 3.63) is 71.0 Å². The van der Waals surface area contributed by atoms with Crippen LogP contribution in [0.25, 0.3) is 11.3 Å². The number of nitrogens with one attached hydrogen (secondary N) is 1. The number of nitrogens with zero attached hydrogens (tertiary/aromatic N) is 4. The Labute approximate surface area is 189 Å². The van der Waals surface area contributed by atoms with Gasteiger partial charge in [0.25, 0.3) is 0 Å². The van der Waals surface area contributed by atoms with E-state index in [2.05, 4.69) is 28.0 Å². The van der Waals surface area contributed by atoms with E-state index in [1.54, 1.807) is 24.3 Å². The van der Waals surface area contributed by atoms with Gasteiger partial charge in [-0.1, -0.05) is 24.3 Å². The first kappa shape index (κ1) is 21.9. The first-order valence-corrected chi connectivity index (χ1v) is 11.1. The average Bonchev–Trinajstić information content (AvgIpc) is 3.19. The lowest BCUT2D eigenvalue weighted by Crippen LogP contribution is -2.31. The van der Waals surface area contributed by atoms with E-state index in [9.17, 15) is 4.39 Å². The van der Waals surface area contributed by atoms with E-state index >= 15 is 0 Å². The maximum absolute atomic E-state index is 13.5. The smallest absolute Gasteiger partial charge is 0.225 e. The fraction of sp³-hybridized carbons (Fsp3) is 0.346. The normalized spacial score (nSPS) is 21.9.